The number of rotatable bonds is 29. The number of epoxide rings is 2. The quantitative estimate of drug-likeness (QED) is 0.0506. The van der Waals surface area contributed by atoms with Crippen molar-refractivity contribution in [1.29, 1.82) is 0 Å². The second-order valence-electron chi connectivity index (χ2n) is 13.6. The van der Waals surface area contributed by atoms with Crippen LogP contribution in [0.5, 0.6) is 0 Å². The van der Waals surface area contributed by atoms with Gasteiger partial charge in [-0.05, 0) is 51.5 Å². The fourth-order valence-corrected chi connectivity index (χ4v) is 6.78. The lowest BCUT2D eigenvalue weighted by molar-refractivity contribution is -0.139. The molecule has 0 unspecified atom stereocenters. The van der Waals surface area contributed by atoms with Crippen molar-refractivity contribution >= 4 is 5.97 Å². The molecule has 0 aliphatic carbocycles. The zero-order chi connectivity index (χ0) is 29.0. The van der Waals surface area contributed by atoms with Gasteiger partial charge in [0.15, 0.2) is 0 Å². The molecule has 2 fully saturated rings. The fourth-order valence-electron chi connectivity index (χ4n) is 6.78. The molecule has 0 radical (unpaired) electrons. The van der Waals surface area contributed by atoms with E-state index in [1.807, 2.05) is 13.0 Å². The highest BCUT2D eigenvalue weighted by molar-refractivity contribution is 5.90. The van der Waals surface area contributed by atoms with Gasteiger partial charge in [-0.25, -0.2) is 4.79 Å². The van der Waals surface area contributed by atoms with E-state index in [4.69, 9.17) is 14.2 Å². The zero-order valence-corrected chi connectivity index (χ0v) is 27.2. The fraction of sp³-hybridized carbons (Fsp3) is 0.919. The van der Waals surface area contributed by atoms with Crippen LogP contribution in [0.15, 0.2) is 11.6 Å². The minimum Gasteiger partial charge on any atom is -0.455 e. The Kier molecular flexibility index (Phi) is 18.4. The van der Waals surface area contributed by atoms with Gasteiger partial charge in [0.2, 0.25) is 0 Å². The average Bonchev–Trinajstić information content (AvgIpc) is 3.87. The van der Waals surface area contributed by atoms with Gasteiger partial charge in [0.25, 0.3) is 0 Å². The SMILES string of the molecule is CCCCCCCCCCCCCC[C@H]1O[C@@H]1CC[C@H]1O[C@@H]1CCCCCCCCCCCCC1=C[C@@H](C)OC1=O. The van der Waals surface area contributed by atoms with Gasteiger partial charge in [-0.2, -0.15) is 0 Å². The first-order valence-electron chi connectivity index (χ1n) is 18.4. The molecule has 3 heterocycles. The topological polar surface area (TPSA) is 51.4 Å². The Morgan fingerprint density at radius 2 is 0.878 bits per heavy atom. The maximum Gasteiger partial charge on any atom is 0.334 e. The molecule has 0 aromatic heterocycles. The molecular weight excluding hydrogens is 508 g/mol. The molecule has 0 bridgehead atoms. The Labute approximate surface area is 254 Å². The van der Waals surface area contributed by atoms with Gasteiger partial charge < -0.3 is 14.2 Å². The minimum absolute atomic E-state index is 0.0233. The Bertz CT molecular complexity index is 703. The third-order valence-corrected chi connectivity index (χ3v) is 9.63. The molecule has 4 heteroatoms. The van der Waals surface area contributed by atoms with Crippen LogP contribution >= 0.6 is 0 Å². The van der Waals surface area contributed by atoms with Crippen LogP contribution in [-0.2, 0) is 19.0 Å². The lowest BCUT2D eigenvalue weighted by Gasteiger charge is -2.03. The number of esters is 1. The summed E-state index contributed by atoms with van der Waals surface area (Å²) in [5.74, 6) is -0.0947. The second-order valence-corrected chi connectivity index (χ2v) is 13.6. The van der Waals surface area contributed by atoms with Crippen LogP contribution in [0, 0.1) is 0 Å². The maximum absolute atomic E-state index is 11.6. The van der Waals surface area contributed by atoms with Crippen LogP contribution in [0.25, 0.3) is 0 Å². The maximum atomic E-state index is 11.6. The van der Waals surface area contributed by atoms with Gasteiger partial charge in [-0.3, -0.25) is 0 Å². The van der Waals surface area contributed by atoms with Gasteiger partial charge in [-0.15, -0.1) is 0 Å². The highest BCUT2D eigenvalue weighted by Crippen LogP contribution is 2.37. The predicted octanol–water partition coefficient (Wildman–Crippen LogP) is 10.9. The average molecular weight is 575 g/mol. The van der Waals surface area contributed by atoms with E-state index in [9.17, 15) is 4.79 Å². The summed E-state index contributed by atoms with van der Waals surface area (Å²) in [5, 5.41) is 0. The summed E-state index contributed by atoms with van der Waals surface area (Å²) in [6, 6.07) is 0. The van der Waals surface area contributed by atoms with Crippen molar-refractivity contribution in [3.05, 3.63) is 11.6 Å². The standard InChI is InChI=1S/C37H66O4/c1-3-4-5-6-7-8-9-10-14-17-20-23-26-33-35(40-33)28-29-36-34(41-36)27-24-21-18-15-12-11-13-16-19-22-25-32-30-31(2)39-37(32)38/h30-31,33-36H,3-29H2,1-2H3/t31-,33-,34-,35-,36-/m1/s1. The molecule has 0 aromatic rings. The molecule has 0 aromatic carbocycles. The zero-order valence-electron chi connectivity index (χ0n) is 27.2. The number of carbonyl (C=O) groups excluding carboxylic acids is 1. The Morgan fingerprint density at radius 3 is 1.27 bits per heavy atom. The highest BCUT2D eigenvalue weighted by atomic mass is 16.6. The van der Waals surface area contributed by atoms with E-state index in [-0.39, 0.29) is 12.1 Å². The van der Waals surface area contributed by atoms with Crippen LogP contribution < -0.4 is 0 Å². The molecule has 5 atom stereocenters. The number of cyclic esters (lactones) is 1. The van der Waals surface area contributed by atoms with Gasteiger partial charge in [0.1, 0.15) is 6.10 Å². The third-order valence-electron chi connectivity index (χ3n) is 9.63. The monoisotopic (exact) mass is 574 g/mol. The summed E-state index contributed by atoms with van der Waals surface area (Å²) in [4.78, 5) is 11.6. The van der Waals surface area contributed by atoms with E-state index in [2.05, 4.69) is 6.92 Å². The molecule has 3 rings (SSSR count). The Balaban J connectivity index is 0.979. The summed E-state index contributed by atoms with van der Waals surface area (Å²) in [6.07, 6.45) is 40.3. The van der Waals surface area contributed by atoms with Crippen molar-refractivity contribution in [3.63, 3.8) is 0 Å². The molecule has 0 amide bonds. The second kappa shape index (κ2) is 21.8. The molecular formula is C37H66O4. The van der Waals surface area contributed by atoms with Crippen molar-refractivity contribution in [2.24, 2.45) is 0 Å². The molecule has 2 saturated heterocycles. The highest BCUT2D eigenvalue weighted by Gasteiger charge is 2.42. The van der Waals surface area contributed by atoms with Crippen LogP contribution in [-0.4, -0.2) is 36.5 Å². The van der Waals surface area contributed by atoms with Crippen molar-refractivity contribution in [2.75, 3.05) is 0 Å². The molecule has 238 valence electrons. The lowest BCUT2D eigenvalue weighted by atomic mass is 10.0. The first-order valence-corrected chi connectivity index (χ1v) is 18.4. The number of hydrogen-bond donors (Lipinski definition) is 0. The van der Waals surface area contributed by atoms with Gasteiger partial charge in [-0.1, -0.05) is 142 Å². The third kappa shape index (κ3) is 16.5. The van der Waals surface area contributed by atoms with Crippen LogP contribution in [0.4, 0.5) is 0 Å². The number of ether oxygens (including phenoxy) is 3. The molecule has 4 nitrogen and oxygen atoms in total. The van der Waals surface area contributed by atoms with Crippen molar-refractivity contribution in [3.8, 4) is 0 Å². The van der Waals surface area contributed by atoms with Crippen LogP contribution in [0.3, 0.4) is 0 Å². The Hall–Kier alpha value is -0.870. The summed E-state index contributed by atoms with van der Waals surface area (Å²) in [5.41, 5.74) is 0.895. The predicted molar refractivity (Wildman–Crippen MR) is 171 cm³/mol. The molecule has 0 N–H and O–H groups in total. The van der Waals surface area contributed by atoms with Crippen LogP contribution in [0.2, 0.25) is 0 Å². The molecule has 0 spiro atoms. The number of unbranched alkanes of at least 4 members (excludes halogenated alkanes) is 20. The molecule has 3 aliphatic heterocycles. The Morgan fingerprint density at radius 1 is 0.512 bits per heavy atom. The molecule has 41 heavy (non-hydrogen) atoms. The molecule has 0 saturated carbocycles. The van der Waals surface area contributed by atoms with Gasteiger partial charge in [0, 0.05) is 5.57 Å². The lowest BCUT2D eigenvalue weighted by Crippen LogP contribution is -2.03. The van der Waals surface area contributed by atoms with E-state index >= 15 is 0 Å². The van der Waals surface area contributed by atoms with Gasteiger partial charge in [0.05, 0.1) is 24.4 Å². The summed E-state index contributed by atoms with van der Waals surface area (Å²) in [7, 11) is 0. The first kappa shape index (κ1) is 34.6. The first-order chi connectivity index (χ1) is 20.2. The van der Waals surface area contributed by atoms with E-state index in [1.54, 1.807) is 0 Å². The van der Waals surface area contributed by atoms with Crippen molar-refractivity contribution in [2.45, 2.75) is 218 Å². The largest absolute Gasteiger partial charge is 0.455 e. The summed E-state index contributed by atoms with van der Waals surface area (Å²) in [6.45, 7) is 4.23. The van der Waals surface area contributed by atoms with E-state index in [0.29, 0.717) is 24.4 Å². The van der Waals surface area contributed by atoms with Crippen molar-refractivity contribution in [1.82, 2.24) is 0 Å². The number of hydrogen-bond acceptors (Lipinski definition) is 4. The van der Waals surface area contributed by atoms with Crippen molar-refractivity contribution < 1.29 is 19.0 Å². The normalized spacial score (nSPS) is 25.0. The van der Waals surface area contributed by atoms with E-state index in [1.165, 1.54) is 161 Å². The summed E-state index contributed by atoms with van der Waals surface area (Å²) < 4.78 is 17.1. The van der Waals surface area contributed by atoms with E-state index in [0.717, 1.165) is 18.4 Å². The molecule has 3 aliphatic rings. The smallest absolute Gasteiger partial charge is 0.334 e. The minimum atomic E-state index is -0.0947. The number of carbonyl (C=O) groups is 1. The van der Waals surface area contributed by atoms with Gasteiger partial charge >= 0.3 is 5.97 Å². The van der Waals surface area contributed by atoms with E-state index < -0.39 is 0 Å². The summed E-state index contributed by atoms with van der Waals surface area (Å²) >= 11 is 0. The van der Waals surface area contributed by atoms with Crippen LogP contribution in [0.1, 0.15) is 187 Å².